The van der Waals surface area contributed by atoms with Crippen LogP contribution in [0.4, 0.5) is 4.39 Å². The van der Waals surface area contributed by atoms with E-state index in [0.29, 0.717) is 5.76 Å². The molecule has 0 aromatic heterocycles. The molecule has 0 N–H and O–H groups in total. The molecule has 0 saturated heterocycles. The van der Waals surface area contributed by atoms with Gasteiger partial charge in [0, 0.05) is 6.08 Å². The zero-order valence-corrected chi connectivity index (χ0v) is 5.94. The van der Waals surface area contributed by atoms with Crippen molar-refractivity contribution in [3.8, 4) is 0 Å². The Morgan fingerprint density at radius 3 is 2.44 bits per heavy atom. The third-order valence-electron chi connectivity index (χ3n) is 0.939. The van der Waals surface area contributed by atoms with Crippen LogP contribution >= 0.6 is 0 Å². The van der Waals surface area contributed by atoms with E-state index in [2.05, 4.69) is 0 Å². The molecule has 0 aliphatic rings. The highest BCUT2D eigenvalue weighted by Gasteiger charge is 1.87. The molecule has 0 rings (SSSR count). The van der Waals surface area contributed by atoms with Crippen LogP contribution in [-0.2, 0) is 4.74 Å². The van der Waals surface area contributed by atoms with Crippen LogP contribution in [0.2, 0.25) is 0 Å². The van der Waals surface area contributed by atoms with Crippen molar-refractivity contribution >= 4 is 0 Å². The highest BCUT2D eigenvalue weighted by atomic mass is 19.1. The van der Waals surface area contributed by atoms with E-state index in [1.807, 2.05) is 0 Å². The Morgan fingerprint density at radius 1 is 1.56 bits per heavy atom. The summed E-state index contributed by atoms with van der Waals surface area (Å²) in [6.45, 7) is 3.33. The van der Waals surface area contributed by atoms with Gasteiger partial charge in [-0.15, -0.1) is 0 Å². The number of halogens is 1. The zero-order chi connectivity index (χ0) is 7.28. The molecule has 0 aliphatic carbocycles. The highest BCUT2D eigenvalue weighted by molar-refractivity contribution is 5.12. The van der Waals surface area contributed by atoms with Crippen LogP contribution < -0.4 is 0 Å². The third-order valence-corrected chi connectivity index (χ3v) is 0.939. The standard InChI is InChI=1S/C7H11FO/c1-4-7(8)5-6(2)9-3/h4-5H,1-3H3. The van der Waals surface area contributed by atoms with E-state index >= 15 is 0 Å². The summed E-state index contributed by atoms with van der Waals surface area (Å²) in [7, 11) is 1.51. The molecule has 0 aliphatic heterocycles. The molecule has 0 saturated carbocycles. The molecule has 0 unspecified atom stereocenters. The van der Waals surface area contributed by atoms with Gasteiger partial charge >= 0.3 is 0 Å². The van der Waals surface area contributed by atoms with Crippen LogP contribution in [0.1, 0.15) is 13.8 Å². The topological polar surface area (TPSA) is 9.23 Å². The van der Waals surface area contributed by atoms with E-state index < -0.39 is 0 Å². The predicted molar refractivity (Wildman–Crippen MR) is 35.6 cm³/mol. The van der Waals surface area contributed by atoms with Crippen LogP contribution in [0.5, 0.6) is 0 Å². The van der Waals surface area contributed by atoms with Crippen molar-refractivity contribution < 1.29 is 9.13 Å². The Kier molecular flexibility index (Phi) is 3.76. The monoisotopic (exact) mass is 130 g/mol. The summed E-state index contributed by atoms with van der Waals surface area (Å²) >= 11 is 0. The second-order valence-corrected chi connectivity index (χ2v) is 1.63. The fraction of sp³-hybridized carbons (Fsp3) is 0.429. The normalized spacial score (nSPS) is 13.8. The molecule has 0 aromatic rings. The van der Waals surface area contributed by atoms with Gasteiger partial charge < -0.3 is 4.74 Å². The predicted octanol–water partition coefficient (Wildman–Crippen LogP) is 2.41. The van der Waals surface area contributed by atoms with Crippen molar-refractivity contribution in [3.05, 3.63) is 23.7 Å². The molecule has 0 spiro atoms. The first kappa shape index (κ1) is 8.21. The van der Waals surface area contributed by atoms with Gasteiger partial charge in [-0.25, -0.2) is 4.39 Å². The van der Waals surface area contributed by atoms with Crippen molar-refractivity contribution in [2.24, 2.45) is 0 Å². The Hall–Kier alpha value is -0.790. The Bertz CT molecular complexity index is 136. The lowest BCUT2D eigenvalue weighted by Gasteiger charge is -1.94. The number of allylic oxidation sites excluding steroid dienone is 4. The fourth-order valence-electron chi connectivity index (χ4n) is 0.336. The Labute approximate surface area is 54.8 Å². The molecule has 0 radical (unpaired) electrons. The average Bonchev–Trinajstić information content (AvgIpc) is 1.87. The van der Waals surface area contributed by atoms with Crippen molar-refractivity contribution in [1.82, 2.24) is 0 Å². The first-order valence-electron chi connectivity index (χ1n) is 2.74. The highest BCUT2D eigenvalue weighted by Crippen LogP contribution is 2.02. The van der Waals surface area contributed by atoms with Gasteiger partial charge in [0.1, 0.15) is 5.83 Å². The van der Waals surface area contributed by atoms with E-state index in [1.165, 1.54) is 19.3 Å². The van der Waals surface area contributed by atoms with Crippen molar-refractivity contribution in [2.45, 2.75) is 13.8 Å². The maximum atomic E-state index is 12.3. The SMILES string of the molecule is CC=C(F)C=C(C)OC. The number of ether oxygens (including phenoxy) is 1. The van der Waals surface area contributed by atoms with Crippen LogP contribution in [0.3, 0.4) is 0 Å². The number of hydrogen-bond donors (Lipinski definition) is 0. The first-order chi connectivity index (χ1) is 4.20. The number of hydrogen-bond acceptors (Lipinski definition) is 1. The number of methoxy groups -OCH3 is 1. The molecule has 0 fully saturated rings. The first-order valence-corrected chi connectivity index (χ1v) is 2.74. The summed E-state index contributed by atoms with van der Waals surface area (Å²) in [5.74, 6) is 0.306. The lowest BCUT2D eigenvalue weighted by atomic mass is 10.4. The van der Waals surface area contributed by atoms with Gasteiger partial charge in [-0.3, -0.25) is 0 Å². The van der Waals surface area contributed by atoms with Crippen LogP contribution in [0.25, 0.3) is 0 Å². The molecule has 0 amide bonds. The van der Waals surface area contributed by atoms with E-state index in [9.17, 15) is 4.39 Å². The quantitative estimate of drug-likeness (QED) is 0.412. The van der Waals surface area contributed by atoms with Gasteiger partial charge in [0.25, 0.3) is 0 Å². The second kappa shape index (κ2) is 4.13. The Balaban J connectivity index is 3.95. The van der Waals surface area contributed by atoms with Gasteiger partial charge in [-0.1, -0.05) is 6.08 Å². The minimum Gasteiger partial charge on any atom is -0.501 e. The lowest BCUT2D eigenvalue weighted by molar-refractivity contribution is 0.292. The van der Waals surface area contributed by atoms with E-state index in [0.717, 1.165) is 0 Å². The minimum absolute atomic E-state index is 0.269. The van der Waals surface area contributed by atoms with E-state index in [4.69, 9.17) is 4.74 Å². The second-order valence-electron chi connectivity index (χ2n) is 1.63. The van der Waals surface area contributed by atoms with Gasteiger partial charge in [0.15, 0.2) is 0 Å². The van der Waals surface area contributed by atoms with Crippen molar-refractivity contribution in [3.63, 3.8) is 0 Å². The maximum absolute atomic E-state index is 12.3. The summed E-state index contributed by atoms with van der Waals surface area (Å²) in [6.07, 6.45) is 2.71. The molecule has 2 heteroatoms. The van der Waals surface area contributed by atoms with Crippen LogP contribution in [-0.4, -0.2) is 7.11 Å². The molecule has 1 nitrogen and oxygen atoms in total. The van der Waals surface area contributed by atoms with Crippen LogP contribution in [0, 0.1) is 0 Å². The fourth-order valence-corrected chi connectivity index (χ4v) is 0.336. The van der Waals surface area contributed by atoms with Gasteiger partial charge in [-0.05, 0) is 13.8 Å². The summed E-state index contributed by atoms with van der Waals surface area (Å²) < 4.78 is 17.0. The summed E-state index contributed by atoms with van der Waals surface area (Å²) in [5, 5.41) is 0. The smallest absolute Gasteiger partial charge is 0.122 e. The largest absolute Gasteiger partial charge is 0.501 e. The molecule has 52 valence electrons. The lowest BCUT2D eigenvalue weighted by Crippen LogP contribution is -1.78. The molecule has 0 aromatic carbocycles. The summed E-state index contributed by atoms with van der Waals surface area (Å²) in [6, 6.07) is 0. The molecular formula is C7H11FO. The minimum atomic E-state index is -0.269. The zero-order valence-electron chi connectivity index (χ0n) is 5.94. The van der Waals surface area contributed by atoms with Crippen molar-refractivity contribution in [1.29, 1.82) is 0 Å². The summed E-state index contributed by atoms with van der Waals surface area (Å²) in [4.78, 5) is 0. The van der Waals surface area contributed by atoms with E-state index in [1.54, 1.807) is 13.8 Å². The third kappa shape index (κ3) is 3.76. The van der Waals surface area contributed by atoms with Gasteiger partial charge in [0.05, 0.1) is 12.9 Å². The average molecular weight is 130 g/mol. The molecular weight excluding hydrogens is 119 g/mol. The van der Waals surface area contributed by atoms with Gasteiger partial charge in [-0.2, -0.15) is 0 Å². The molecule has 0 atom stereocenters. The summed E-state index contributed by atoms with van der Waals surface area (Å²) in [5.41, 5.74) is 0. The Morgan fingerprint density at radius 2 is 2.11 bits per heavy atom. The van der Waals surface area contributed by atoms with Gasteiger partial charge in [0.2, 0.25) is 0 Å². The maximum Gasteiger partial charge on any atom is 0.122 e. The molecule has 9 heavy (non-hydrogen) atoms. The molecule has 0 heterocycles. The number of rotatable bonds is 2. The van der Waals surface area contributed by atoms with E-state index in [-0.39, 0.29) is 5.83 Å². The molecule has 0 bridgehead atoms. The van der Waals surface area contributed by atoms with Crippen LogP contribution in [0.15, 0.2) is 23.7 Å². The van der Waals surface area contributed by atoms with Crippen molar-refractivity contribution in [2.75, 3.05) is 7.11 Å².